The summed E-state index contributed by atoms with van der Waals surface area (Å²) in [7, 11) is 0. The standard InChI is InChI=1S/C9H16N2O2/c1-8(2)9(13-7(12)11-8)3-5-10-6-4-9/h10H,3-6H2,1-2H3,(H,11,12). The number of carbonyl (C=O) groups excluding carboxylic acids is 1. The molecule has 13 heavy (non-hydrogen) atoms. The molecule has 0 atom stereocenters. The first-order valence-electron chi connectivity index (χ1n) is 4.78. The fourth-order valence-electron chi connectivity index (χ4n) is 2.26. The molecule has 1 spiro atoms. The number of alkyl carbamates (subject to hydrolysis) is 1. The van der Waals surface area contributed by atoms with Gasteiger partial charge < -0.3 is 15.4 Å². The Bertz CT molecular complexity index is 232. The lowest BCUT2D eigenvalue weighted by Gasteiger charge is -2.40. The van der Waals surface area contributed by atoms with Gasteiger partial charge in [0.05, 0.1) is 5.54 Å². The van der Waals surface area contributed by atoms with E-state index in [-0.39, 0.29) is 17.2 Å². The number of ether oxygens (including phenoxy) is 1. The van der Waals surface area contributed by atoms with Crippen molar-refractivity contribution in [2.45, 2.75) is 37.8 Å². The van der Waals surface area contributed by atoms with Crippen LogP contribution in [0.3, 0.4) is 0 Å². The molecule has 2 N–H and O–H groups in total. The molecule has 2 aliphatic heterocycles. The highest BCUT2D eigenvalue weighted by Crippen LogP contribution is 2.38. The lowest BCUT2D eigenvalue weighted by molar-refractivity contribution is -0.0144. The van der Waals surface area contributed by atoms with Crippen molar-refractivity contribution < 1.29 is 9.53 Å². The molecule has 0 aromatic carbocycles. The minimum Gasteiger partial charge on any atom is -0.440 e. The zero-order valence-electron chi connectivity index (χ0n) is 8.14. The lowest BCUT2D eigenvalue weighted by atomic mass is 9.77. The highest BCUT2D eigenvalue weighted by atomic mass is 16.6. The molecule has 0 aliphatic carbocycles. The number of amides is 1. The second-order valence-electron chi connectivity index (χ2n) is 4.38. The third-order valence-electron chi connectivity index (χ3n) is 3.25. The number of rotatable bonds is 0. The highest BCUT2D eigenvalue weighted by Gasteiger charge is 2.54. The smallest absolute Gasteiger partial charge is 0.408 e. The van der Waals surface area contributed by atoms with Crippen LogP contribution in [0.5, 0.6) is 0 Å². The fourth-order valence-corrected chi connectivity index (χ4v) is 2.26. The molecule has 4 nitrogen and oxygen atoms in total. The average Bonchev–Trinajstić information content (AvgIpc) is 2.23. The Labute approximate surface area is 78.0 Å². The van der Waals surface area contributed by atoms with Crippen LogP contribution in [0, 0.1) is 0 Å². The second kappa shape index (κ2) is 2.61. The molecule has 0 saturated carbocycles. The molecule has 2 rings (SSSR count). The Morgan fingerprint density at radius 3 is 2.38 bits per heavy atom. The molecule has 2 aliphatic rings. The Hall–Kier alpha value is -0.770. The van der Waals surface area contributed by atoms with Gasteiger partial charge in [0.25, 0.3) is 0 Å². The Balaban J connectivity index is 2.24. The summed E-state index contributed by atoms with van der Waals surface area (Å²) in [6, 6.07) is 0. The summed E-state index contributed by atoms with van der Waals surface area (Å²) in [4.78, 5) is 11.2. The van der Waals surface area contributed by atoms with E-state index in [9.17, 15) is 4.79 Å². The predicted octanol–water partition coefficient (Wildman–Crippen LogP) is 0.627. The number of carbonyl (C=O) groups is 1. The maximum atomic E-state index is 11.2. The van der Waals surface area contributed by atoms with Gasteiger partial charge in [0.1, 0.15) is 5.60 Å². The van der Waals surface area contributed by atoms with E-state index in [1.807, 2.05) is 13.8 Å². The third-order valence-corrected chi connectivity index (χ3v) is 3.25. The molecule has 0 aromatic rings. The summed E-state index contributed by atoms with van der Waals surface area (Å²) in [5.74, 6) is 0. The van der Waals surface area contributed by atoms with Crippen LogP contribution in [-0.2, 0) is 4.74 Å². The number of hydrogen-bond donors (Lipinski definition) is 2. The van der Waals surface area contributed by atoms with E-state index in [4.69, 9.17) is 4.74 Å². The summed E-state index contributed by atoms with van der Waals surface area (Å²) in [5, 5.41) is 6.13. The van der Waals surface area contributed by atoms with Crippen LogP contribution in [0.15, 0.2) is 0 Å². The van der Waals surface area contributed by atoms with Crippen molar-refractivity contribution in [2.75, 3.05) is 13.1 Å². The normalized spacial score (nSPS) is 29.8. The largest absolute Gasteiger partial charge is 0.440 e. The van der Waals surface area contributed by atoms with Crippen molar-refractivity contribution in [3.8, 4) is 0 Å². The van der Waals surface area contributed by atoms with Crippen LogP contribution in [0.1, 0.15) is 26.7 Å². The van der Waals surface area contributed by atoms with Gasteiger partial charge in [0, 0.05) is 12.8 Å². The van der Waals surface area contributed by atoms with Gasteiger partial charge in [-0.25, -0.2) is 4.79 Å². The van der Waals surface area contributed by atoms with E-state index in [1.54, 1.807) is 0 Å². The van der Waals surface area contributed by atoms with E-state index in [2.05, 4.69) is 10.6 Å². The first-order chi connectivity index (χ1) is 6.06. The lowest BCUT2D eigenvalue weighted by Crippen LogP contribution is -2.57. The zero-order valence-corrected chi connectivity index (χ0v) is 8.14. The van der Waals surface area contributed by atoms with Crippen molar-refractivity contribution in [3.63, 3.8) is 0 Å². The number of piperidine rings is 1. The van der Waals surface area contributed by atoms with E-state index in [0.29, 0.717) is 0 Å². The average molecular weight is 184 g/mol. The Morgan fingerprint density at radius 1 is 1.31 bits per heavy atom. The van der Waals surface area contributed by atoms with Crippen LogP contribution < -0.4 is 10.6 Å². The molecule has 0 bridgehead atoms. The molecule has 0 unspecified atom stereocenters. The van der Waals surface area contributed by atoms with E-state index in [1.165, 1.54) is 0 Å². The summed E-state index contributed by atoms with van der Waals surface area (Å²) in [6.07, 6.45) is 1.53. The van der Waals surface area contributed by atoms with Gasteiger partial charge in [0.2, 0.25) is 0 Å². The van der Waals surface area contributed by atoms with Crippen molar-refractivity contribution in [1.82, 2.24) is 10.6 Å². The van der Waals surface area contributed by atoms with Gasteiger partial charge in [-0.05, 0) is 26.9 Å². The minimum atomic E-state index is -0.282. The molecular formula is C9H16N2O2. The van der Waals surface area contributed by atoms with Gasteiger partial charge in [-0.1, -0.05) is 0 Å². The quantitative estimate of drug-likeness (QED) is 0.580. The number of hydrogen-bond acceptors (Lipinski definition) is 3. The van der Waals surface area contributed by atoms with Gasteiger partial charge in [-0.2, -0.15) is 0 Å². The molecule has 2 fully saturated rings. The van der Waals surface area contributed by atoms with Crippen LogP contribution >= 0.6 is 0 Å². The maximum absolute atomic E-state index is 11.2. The molecule has 1 amide bonds. The van der Waals surface area contributed by atoms with E-state index >= 15 is 0 Å². The van der Waals surface area contributed by atoms with Gasteiger partial charge in [-0.15, -0.1) is 0 Å². The summed E-state index contributed by atoms with van der Waals surface area (Å²) in [5.41, 5.74) is -0.512. The van der Waals surface area contributed by atoms with Crippen LogP contribution in [-0.4, -0.2) is 30.3 Å². The summed E-state index contributed by atoms with van der Waals surface area (Å²) >= 11 is 0. The third kappa shape index (κ3) is 1.20. The molecule has 0 radical (unpaired) electrons. The Morgan fingerprint density at radius 2 is 1.92 bits per heavy atom. The topological polar surface area (TPSA) is 50.4 Å². The zero-order chi connectivity index (χ0) is 9.53. The molecular weight excluding hydrogens is 168 g/mol. The maximum Gasteiger partial charge on any atom is 0.408 e. The molecule has 2 saturated heterocycles. The molecule has 4 heteroatoms. The van der Waals surface area contributed by atoms with Crippen molar-refractivity contribution >= 4 is 6.09 Å². The van der Waals surface area contributed by atoms with E-state index < -0.39 is 0 Å². The minimum absolute atomic E-state index is 0.230. The van der Waals surface area contributed by atoms with E-state index in [0.717, 1.165) is 25.9 Å². The van der Waals surface area contributed by atoms with Crippen LogP contribution in [0.25, 0.3) is 0 Å². The molecule has 2 heterocycles. The predicted molar refractivity (Wildman–Crippen MR) is 48.5 cm³/mol. The van der Waals surface area contributed by atoms with Crippen molar-refractivity contribution in [1.29, 1.82) is 0 Å². The van der Waals surface area contributed by atoms with Crippen molar-refractivity contribution in [3.05, 3.63) is 0 Å². The number of nitrogens with one attached hydrogen (secondary N) is 2. The van der Waals surface area contributed by atoms with Gasteiger partial charge in [-0.3, -0.25) is 0 Å². The Kier molecular flexibility index (Phi) is 1.77. The molecule has 74 valence electrons. The molecule has 0 aromatic heterocycles. The summed E-state index contributed by atoms with van der Waals surface area (Å²) < 4.78 is 5.42. The summed E-state index contributed by atoms with van der Waals surface area (Å²) in [6.45, 7) is 5.92. The van der Waals surface area contributed by atoms with Gasteiger partial charge in [0.15, 0.2) is 0 Å². The van der Waals surface area contributed by atoms with Crippen LogP contribution in [0.2, 0.25) is 0 Å². The second-order valence-corrected chi connectivity index (χ2v) is 4.38. The first kappa shape index (κ1) is 8.81. The van der Waals surface area contributed by atoms with Crippen LogP contribution in [0.4, 0.5) is 4.79 Å². The monoisotopic (exact) mass is 184 g/mol. The fraction of sp³-hybridized carbons (Fsp3) is 0.889. The van der Waals surface area contributed by atoms with Gasteiger partial charge >= 0.3 is 6.09 Å². The van der Waals surface area contributed by atoms with Crippen molar-refractivity contribution in [2.24, 2.45) is 0 Å². The highest BCUT2D eigenvalue weighted by molar-refractivity contribution is 5.72. The first-order valence-corrected chi connectivity index (χ1v) is 4.78. The SMILES string of the molecule is CC1(C)NC(=O)OC12CCNCC2.